The lowest BCUT2D eigenvalue weighted by molar-refractivity contribution is -0.146. The average molecular weight is 352 g/mol. The maximum Gasteiger partial charge on any atom is 0.306 e. The van der Waals surface area contributed by atoms with Gasteiger partial charge in [-0.2, -0.15) is 0 Å². The highest BCUT2D eigenvalue weighted by Crippen LogP contribution is 2.18. The van der Waals surface area contributed by atoms with Crippen molar-refractivity contribution in [2.45, 2.75) is 12.8 Å². The molecule has 0 spiro atoms. The molecule has 0 saturated carbocycles. The summed E-state index contributed by atoms with van der Waals surface area (Å²) in [5.41, 5.74) is 0. The minimum absolute atomic E-state index is 0.0219. The van der Waals surface area contributed by atoms with Gasteiger partial charge in [-0.25, -0.2) is 4.39 Å². The second-order valence-electron chi connectivity index (χ2n) is 5.96. The lowest BCUT2D eigenvalue weighted by Gasteiger charge is -2.31. The van der Waals surface area contributed by atoms with Gasteiger partial charge in [-0.15, -0.1) is 0 Å². The molecule has 1 aromatic carbocycles. The molecule has 1 N–H and O–H groups in total. The van der Waals surface area contributed by atoms with Crippen molar-refractivity contribution >= 4 is 17.8 Å². The van der Waals surface area contributed by atoms with Crippen LogP contribution in [0.1, 0.15) is 12.8 Å². The van der Waals surface area contributed by atoms with Crippen LogP contribution in [0.3, 0.4) is 0 Å². The third kappa shape index (κ3) is 5.17. The number of halogens is 1. The first-order valence-electron chi connectivity index (χ1n) is 8.00. The zero-order chi connectivity index (χ0) is 18.4. The van der Waals surface area contributed by atoms with E-state index in [4.69, 9.17) is 9.84 Å². The quantitative estimate of drug-likeness (QED) is 0.825. The van der Waals surface area contributed by atoms with Gasteiger partial charge in [-0.1, -0.05) is 12.1 Å². The Bertz CT molecular complexity index is 644. The number of carbonyl (C=O) groups is 3. The maximum absolute atomic E-state index is 13.4. The van der Waals surface area contributed by atoms with E-state index in [2.05, 4.69) is 0 Å². The molecular weight excluding hydrogens is 331 g/mol. The van der Waals surface area contributed by atoms with Gasteiger partial charge >= 0.3 is 5.97 Å². The van der Waals surface area contributed by atoms with Gasteiger partial charge in [0.1, 0.15) is 0 Å². The SMILES string of the molecule is CN(CC(=O)N1CCC(C(=O)O)CC1)C(=O)COc1ccccc1F. The van der Waals surface area contributed by atoms with E-state index in [0.29, 0.717) is 25.9 Å². The van der Waals surface area contributed by atoms with E-state index in [9.17, 15) is 18.8 Å². The van der Waals surface area contributed by atoms with Crippen LogP contribution < -0.4 is 4.74 Å². The fourth-order valence-electron chi connectivity index (χ4n) is 2.58. The first-order chi connectivity index (χ1) is 11.9. The second kappa shape index (κ2) is 8.46. The van der Waals surface area contributed by atoms with E-state index in [1.807, 2.05) is 0 Å². The number of likely N-dealkylation sites (tertiary alicyclic amines) is 1. The molecule has 25 heavy (non-hydrogen) atoms. The lowest BCUT2D eigenvalue weighted by atomic mass is 9.97. The number of amides is 2. The Morgan fingerprint density at radius 3 is 2.52 bits per heavy atom. The number of likely N-dealkylation sites (N-methyl/N-ethyl adjacent to an activating group) is 1. The van der Waals surface area contributed by atoms with Crippen LogP contribution in [-0.4, -0.2) is 66.0 Å². The van der Waals surface area contributed by atoms with Crippen molar-refractivity contribution in [3.63, 3.8) is 0 Å². The van der Waals surface area contributed by atoms with Crippen LogP contribution >= 0.6 is 0 Å². The molecule has 1 aromatic rings. The van der Waals surface area contributed by atoms with Gasteiger partial charge in [0.15, 0.2) is 18.2 Å². The maximum atomic E-state index is 13.4. The Hall–Kier alpha value is -2.64. The van der Waals surface area contributed by atoms with Crippen LogP contribution in [0, 0.1) is 11.7 Å². The van der Waals surface area contributed by atoms with E-state index in [0.717, 1.165) is 0 Å². The summed E-state index contributed by atoms with van der Waals surface area (Å²) in [5.74, 6) is -2.54. The number of nitrogens with zero attached hydrogens (tertiary/aromatic N) is 2. The first kappa shape index (κ1) is 18.7. The minimum atomic E-state index is -0.843. The zero-order valence-electron chi connectivity index (χ0n) is 14.0. The van der Waals surface area contributed by atoms with E-state index in [1.54, 1.807) is 11.0 Å². The molecule has 1 aliphatic heterocycles. The number of hydrogen-bond acceptors (Lipinski definition) is 4. The summed E-state index contributed by atoms with van der Waals surface area (Å²) in [4.78, 5) is 37.9. The fraction of sp³-hybridized carbons (Fsp3) is 0.471. The third-order valence-corrected chi connectivity index (χ3v) is 4.18. The molecule has 2 rings (SSSR count). The van der Waals surface area contributed by atoms with Crippen LogP contribution in [0.2, 0.25) is 0 Å². The standard InChI is InChI=1S/C17H21FN2O5/c1-19(16(22)11-25-14-5-3-2-4-13(14)18)10-15(21)20-8-6-12(7-9-20)17(23)24/h2-5,12H,6-11H2,1H3,(H,23,24). The number of para-hydroxylation sites is 1. The van der Waals surface area contributed by atoms with Crippen LogP contribution in [-0.2, 0) is 14.4 Å². The number of benzene rings is 1. The summed E-state index contributed by atoms with van der Waals surface area (Å²) in [6.45, 7) is 0.232. The number of carbonyl (C=O) groups excluding carboxylic acids is 2. The van der Waals surface area contributed by atoms with Gasteiger partial charge in [-0.3, -0.25) is 14.4 Å². The molecule has 0 unspecified atom stereocenters. The van der Waals surface area contributed by atoms with Gasteiger partial charge in [0, 0.05) is 20.1 Å². The minimum Gasteiger partial charge on any atom is -0.481 e. The molecule has 2 amide bonds. The van der Waals surface area contributed by atoms with Crippen molar-refractivity contribution in [3.05, 3.63) is 30.1 Å². The smallest absolute Gasteiger partial charge is 0.306 e. The van der Waals surface area contributed by atoms with E-state index in [1.165, 1.54) is 30.1 Å². The molecule has 0 aliphatic carbocycles. The molecular formula is C17H21FN2O5. The monoisotopic (exact) mass is 352 g/mol. The molecule has 0 radical (unpaired) electrons. The summed E-state index contributed by atoms with van der Waals surface area (Å²) in [7, 11) is 1.47. The van der Waals surface area contributed by atoms with E-state index >= 15 is 0 Å². The zero-order valence-corrected chi connectivity index (χ0v) is 14.0. The predicted octanol–water partition coefficient (Wildman–Crippen LogP) is 0.986. The number of carboxylic acid groups (broad SMARTS) is 1. The summed E-state index contributed by atoms with van der Waals surface area (Å²) in [6, 6.07) is 5.76. The molecule has 1 fully saturated rings. The summed E-state index contributed by atoms with van der Waals surface area (Å²) in [6.07, 6.45) is 0.824. The largest absolute Gasteiger partial charge is 0.481 e. The molecule has 136 valence electrons. The third-order valence-electron chi connectivity index (χ3n) is 4.18. The van der Waals surface area contributed by atoms with Crippen molar-refractivity contribution in [1.82, 2.24) is 9.80 Å². The predicted molar refractivity (Wildman–Crippen MR) is 86.5 cm³/mol. The number of aliphatic carboxylic acids is 1. The molecule has 1 aliphatic rings. The number of piperidine rings is 1. The van der Waals surface area contributed by atoms with E-state index in [-0.39, 0.29) is 24.8 Å². The van der Waals surface area contributed by atoms with Gasteiger partial charge < -0.3 is 19.6 Å². The summed E-state index contributed by atoms with van der Waals surface area (Å²) >= 11 is 0. The Labute approximate surface area is 145 Å². The highest BCUT2D eigenvalue weighted by atomic mass is 19.1. The van der Waals surface area contributed by atoms with E-state index < -0.39 is 23.6 Å². The molecule has 7 nitrogen and oxygen atoms in total. The Morgan fingerprint density at radius 1 is 1.28 bits per heavy atom. The van der Waals surface area contributed by atoms with Crippen molar-refractivity contribution in [1.29, 1.82) is 0 Å². The van der Waals surface area contributed by atoms with Crippen LogP contribution in [0.15, 0.2) is 24.3 Å². The van der Waals surface area contributed by atoms with Crippen molar-refractivity contribution in [2.75, 3.05) is 33.3 Å². The molecule has 0 aromatic heterocycles. The van der Waals surface area contributed by atoms with Crippen molar-refractivity contribution < 1.29 is 28.6 Å². The van der Waals surface area contributed by atoms with Gasteiger partial charge in [0.25, 0.3) is 5.91 Å². The Balaban J connectivity index is 1.78. The van der Waals surface area contributed by atoms with Gasteiger partial charge in [-0.05, 0) is 25.0 Å². The van der Waals surface area contributed by atoms with Gasteiger partial charge in [0.05, 0.1) is 12.5 Å². The average Bonchev–Trinajstić information content (AvgIpc) is 2.60. The molecule has 1 saturated heterocycles. The molecule has 1 heterocycles. The summed E-state index contributed by atoms with van der Waals surface area (Å²) < 4.78 is 18.6. The van der Waals surface area contributed by atoms with Crippen LogP contribution in [0.5, 0.6) is 5.75 Å². The van der Waals surface area contributed by atoms with Crippen molar-refractivity contribution in [3.8, 4) is 5.75 Å². The normalized spacial score (nSPS) is 14.9. The van der Waals surface area contributed by atoms with Crippen LogP contribution in [0.4, 0.5) is 4.39 Å². The topological polar surface area (TPSA) is 87.2 Å². The Morgan fingerprint density at radius 2 is 1.92 bits per heavy atom. The molecule has 0 bridgehead atoms. The fourth-order valence-corrected chi connectivity index (χ4v) is 2.58. The first-order valence-corrected chi connectivity index (χ1v) is 8.00. The highest BCUT2D eigenvalue weighted by Gasteiger charge is 2.27. The number of carboxylic acids is 1. The van der Waals surface area contributed by atoms with Crippen molar-refractivity contribution in [2.24, 2.45) is 5.92 Å². The second-order valence-corrected chi connectivity index (χ2v) is 5.96. The van der Waals surface area contributed by atoms with Gasteiger partial charge in [0.2, 0.25) is 5.91 Å². The summed E-state index contributed by atoms with van der Waals surface area (Å²) in [5, 5.41) is 8.96. The van der Waals surface area contributed by atoms with Crippen LogP contribution in [0.25, 0.3) is 0 Å². The number of ether oxygens (including phenoxy) is 1. The number of hydrogen-bond donors (Lipinski definition) is 1. The molecule has 0 atom stereocenters. The lowest BCUT2D eigenvalue weighted by Crippen LogP contribution is -2.46. The highest BCUT2D eigenvalue weighted by molar-refractivity contribution is 5.85. The Kier molecular flexibility index (Phi) is 6.32. The number of rotatable bonds is 6. The molecule has 8 heteroatoms.